The van der Waals surface area contributed by atoms with Gasteiger partial charge >= 0.3 is 0 Å². The van der Waals surface area contributed by atoms with E-state index in [9.17, 15) is 4.79 Å². The van der Waals surface area contributed by atoms with Gasteiger partial charge in [-0.05, 0) is 62.3 Å². The predicted molar refractivity (Wildman–Crippen MR) is 91.9 cm³/mol. The maximum atomic E-state index is 13.0. The first-order valence-electron chi connectivity index (χ1n) is 8.93. The molecule has 1 aromatic carbocycles. The second-order valence-electron chi connectivity index (χ2n) is 7.00. The van der Waals surface area contributed by atoms with Gasteiger partial charge in [0.1, 0.15) is 5.75 Å². The highest BCUT2D eigenvalue weighted by atomic mass is 16.5. The second kappa shape index (κ2) is 6.50. The Bertz CT molecular complexity index is 782. The van der Waals surface area contributed by atoms with Crippen molar-refractivity contribution in [3.63, 3.8) is 0 Å². The van der Waals surface area contributed by atoms with Crippen molar-refractivity contribution in [2.45, 2.75) is 44.4 Å². The maximum absolute atomic E-state index is 13.0. The number of nitrogens with zero attached hydrogens (tertiary/aromatic N) is 3. The summed E-state index contributed by atoms with van der Waals surface area (Å²) < 4.78 is 10.8. The molecule has 6 heteroatoms. The number of carbonyl (C=O) groups is 1. The number of rotatable bonds is 4. The zero-order valence-electron chi connectivity index (χ0n) is 14.7. The van der Waals surface area contributed by atoms with Gasteiger partial charge in [0.05, 0.1) is 13.0 Å². The summed E-state index contributed by atoms with van der Waals surface area (Å²) in [5.41, 5.74) is 1.90. The summed E-state index contributed by atoms with van der Waals surface area (Å²) in [5.74, 6) is 2.91. The molecular formula is C19H23N3O3. The van der Waals surface area contributed by atoms with E-state index in [-0.39, 0.29) is 11.8 Å². The summed E-state index contributed by atoms with van der Waals surface area (Å²) in [7, 11) is 1.68. The van der Waals surface area contributed by atoms with Crippen LogP contribution in [-0.2, 0) is 0 Å². The van der Waals surface area contributed by atoms with Crippen LogP contribution in [0, 0.1) is 6.92 Å². The monoisotopic (exact) mass is 341 g/mol. The van der Waals surface area contributed by atoms with Gasteiger partial charge in [0.25, 0.3) is 5.91 Å². The molecule has 132 valence electrons. The quantitative estimate of drug-likeness (QED) is 0.853. The summed E-state index contributed by atoms with van der Waals surface area (Å²) >= 11 is 0. The molecule has 1 unspecified atom stereocenters. The lowest BCUT2D eigenvalue weighted by Crippen LogP contribution is -2.39. The predicted octanol–water partition coefficient (Wildman–Crippen LogP) is 3.28. The highest BCUT2D eigenvalue weighted by Crippen LogP contribution is 2.44. The molecule has 2 aliphatic rings. The molecule has 1 saturated carbocycles. The van der Waals surface area contributed by atoms with E-state index in [1.54, 1.807) is 7.11 Å². The average Bonchev–Trinajstić information content (AvgIpc) is 3.41. The molecule has 2 heterocycles. The number of piperidine rings is 1. The Morgan fingerprint density at radius 3 is 2.80 bits per heavy atom. The van der Waals surface area contributed by atoms with Gasteiger partial charge in [0.2, 0.25) is 5.89 Å². The molecule has 1 atom stereocenters. The largest absolute Gasteiger partial charge is 0.496 e. The zero-order valence-corrected chi connectivity index (χ0v) is 14.7. The van der Waals surface area contributed by atoms with Gasteiger partial charge in [0.15, 0.2) is 5.82 Å². The number of carbonyl (C=O) groups excluding carboxylic acids is 1. The van der Waals surface area contributed by atoms with E-state index in [4.69, 9.17) is 9.26 Å². The van der Waals surface area contributed by atoms with Crippen molar-refractivity contribution in [1.29, 1.82) is 0 Å². The number of aryl methyl sites for hydroxylation is 1. The minimum Gasteiger partial charge on any atom is -0.496 e. The van der Waals surface area contributed by atoms with E-state index in [2.05, 4.69) is 10.1 Å². The van der Waals surface area contributed by atoms with Crippen molar-refractivity contribution in [2.24, 2.45) is 0 Å². The van der Waals surface area contributed by atoms with Crippen LogP contribution in [0.1, 0.15) is 65.2 Å². The molecule has 1 amide bonds. The van der Waals surface area contributed by atoms with E-state index in [1.165, 1.54) is 12.8 Å². The Labute approximate surface area is 147 Å². The molecule has 2 fully saturated rings. The minimum atomic E-state index is 0.0745. The first kappa shape index (κ1) is 16.1. The Morgan fingerprint density at radius 1 is 1.28 bits per heavy atom. The number of ether oxygens (including phenoxy) is 1. The van der Waals surface area contributed by atoms with Crippen LogP contribution in [0.5, 0.6) is 5.75 Å². The van der Waals surface area contributed by atoms with Crippen LogP contribution in [-0.4, -0.2) is 41.1 Å². The van der Waals surface area contributed by atoms with Crippen LogP contribution in [0.3, 0.4) is 0 Å². The minimum absolute atomic E-state index is 0.0745. The molecule has 4 rings (SSSR count). The number of aromatic nitrogens is 2. The van der Waals surface area contributed by atoms with E-state index >= 15 is 0 Å². The van der Waals surface area contributed by atoms with Gasteiger partial charge in [-0.25, -0.2) is 0 Å². The third kappa shape index (κ3) is 3.25. The first-order chi connectivity index (χ1) is 12.2. The number of hydrogen-bond donors (Lipinski definition) is 0. The van der Waals surface area contributed by atoms with Crippen molar-refractivity contribution >= 4 is 5.91 Å². The van der Waals surface area contributed by atoms with Gasteiger partial charge in [-0.1, -0.05) is 5.16 Å². The molecule has 6 nitrogen and oxygen atoms in total. The lowest BCUT2D eigenvalue weighted by molar-refractivity contribution is 0.0695. The van der Waals surface area contributed by atoms with Gasteiger partial charge in [-0.3, -0.25) is 4.79 Å². The zero-order chi connectivity index (χ0) is 17.4. The summed E-state index contributed by atoms with van der Waals surface area (Å²) in [6, 6.07) is 5.80. The summed E-state index contributed by atoms with van der Waals surface area (Å²) in [5, 5.41) is 3.87. The third-order valence-electron chi connectivity index (χ3n) is 5.09. The molecule has 0 N–H and O–H groups in total. The van der Waals surface area contributed by atoms with E-state index in [1.807, 2.05) is 30.0 Å². The molecule has 25 heavy (non-hydrogen) atoms. The fraction of sp³-hybridized carbons (Fsp3) is 0.526. The first-order valence-corrected chi connectivity index (χ1v) is 8.93. The summed E-state index contributed by atoms with van der Waals surface area (Å²) in [6.07, 6.45) is 4.28. The third-order valence-corrected chi connectivity index (χ3v) is 5.09. The van der Waals surface area contributed by atoms with E-state index in [0.29, 0.717) is 24.2 Å². The number of hydrogen-bond acceptors (Lipinski definition) is 5. The number of methoxy groups -OCH3 is 1. The van der Waals surface area contributed by atoms with Gasteiger partial charge in [-0.2, -0.15) is 4.98 Å². The van der Waals surface area contributed by atoms with Crippen LogP contribution in [0.2, 0.25) is 0 Å². The van der Waals surface area contributed by atoms with Crippen molar-refractivity contribution in [3.8, 4) is 5.75 Å². The van der Waals surface area contributed by atoms with Crippen LogP contribution in [0.4, 0.5) is 0 Å². The number of amides is 1. The standard InChI is InChI=1S/C19H23N3O3/c1-12-20-18(25-21-12)15-4-3-9-22(11-15)19(23)14-7-8-17(24-2)16(10-14)13-5-6-13/h7-8,10,13,15H,3-6,9,11H2,1-2H3. The Hall–Kier alpha value is -2.37. The molecule has 0 bridgehead atoms. The van der Waals surface area contributed by atoms with Crippen molar-refractivity contribution in [2.75, 3.05) is 20.2 Å². The summed E-state index contributed by atoms with van der Waals surface area (Å²) in [6.45, 7) is 3.22. The fourth-order valence-corrected chi connectivity index (χ4v) is 3.61. The second-order valence-corrected chi connectivity index (χ2v) is 7.00. The lowest BCUT2D eigenvalue weighted by atomic mass is 9.96. The maximum Gasteiger partial charge on any atom is 0.253 e. The van der Waals surface area contributed by atoms with Crippen molar-refractivity contribution in [1.82, 2.24) is 15.0 Å². The molecule has 0 spiro atoms. The normalized spacial score (nSPS) is 20.6. The van der Waals surface area contributed by atoms with Crippen LogP contribution >= 0.6 is 0 Å². The smallest absolute Gasteiger partial charge is 0.253 e. The van der Waals surface area contributed by atoms with Gasteiger partial charge < -0.3 is 14.2 Å². The number of likely N-dealkylation sites (tertiary alicyclic amines) is 1. The Morgan fingerprint density at radius 2 is 2.12 bits per heavy atom. The molecule has 1 aromatic heterocycles. The van der Waals surface area contributed by atoms with Gasteiger partial charge in [0, 0.05) is 18.7 Å². The van der Waals surface area contributed by atoms with E-state index in [0.717, 1.165) is 36.3 Å². The Balaban J connectivity index is 1.53. The lowest BCUT2D eigenvalue weighted by Gasteiger charge is -2.31. The fourth-order valence-electron chi connectivity index (χ4n) is 3.61. The highest BCUT2D eigenvalue weighted by molar-refractivity contribution is 5.94. The molecule has 2 aromatic rings. The topological polar surface area (TPSA) is 68.5 Å². The SMILES string of the molecule is COc1ccc(C(=O)N2CCCC(c3nc(C)no3)C2)cc1C1CC1. The summed E-state index contributed by atoms with van der Waals surface area (Å²) in [4.78, 5) is 19.2. The molecule has 1 aliphatic carbocycles. The molecule has 0 radical (unpaired) electrons. The molecular weight excluding hydrogens is 318 g/mol. The van der Waals surface area contributed by atoms with Crippen LogP contribution in [0.15, 0.2) is 22.7 Å². The van der Waals surface area contributed by atoms with Crippen LogP contribution < -0.4 is 4.74 Å². The van der Waals surface area contributed by atoms with Crippen LogP contribution in [0.25, 0.3) is 0 Å². The highest BCUT2D eigenvalue weighted by Gasteiger charge is 2.31. The average molecular weight is 341 g/mol. The number of benzene rings is 1. The molecule has 1 saturated heterocycles. The molecule has 1 aliphatic heterocycles. The Kier molecular flexibility index (Phi) is 4.19. The van der Waals surface area contributed by atoms with Gasteiger partial charge in [-0.15, -0.1) is 0 Å². The van der Waals surface area contributed by atoms with Crippen molar-refractivity contribution in [3.05, 3.63) is 41.0 Å². The van der Waals surface area contributed by atoms with Crippen molar-refractivity contribution < 1.29 is 14.1 Å². The van der Waals surface area contributed by atoms with E-state index < -0.39 is 0 Å².